The lowest BCUT2D eigenvalue weighted by atomic mass is 9.83. The molecule has 0 spiro atoms. The van der Waals surface area contributed by atoms with E-state index >= 15 is 0 Å². The van der Waals surface area contributed by atoms with E-state index in [-0.39, 0.29) is 5.82 Å². The van der Waals surface area contributed by atoms with Crippen molar-refractivity contribution < 1.29 is 4.39 Å². The van der Waals surface area contributed by atoms with Gasteiger partial charge in [-0.2, -0.15) is 0 Å². The SMILES string of the molecule is Cc1ccn2[c]c(-c3ccccc3F)nc2c1C1CCCCC1. The molecule has 0 N–H and O–H groups in total. The van der Waals surface area contributed by atoms with Gasteiger partial charge in [-0.3, -0.25) is 4.40 Å². The number of nitrogens with zero attached hydrogens (tertiary/aromatic N) is 2. The fourth-order valence-electron chi connectivity index (χ4n) is 3.77. The van der Waals surface area contributed by atoms with E-state index in [2.05, 4.69) is 19.2 Å². The highest BCUT2D eigenvalue weighted by molar-refractivity contribution is 5.65. The lowest BCUT2D eigenvalue weighted by molar-refractivity contribution is 0.443. The van der Waals surface area contributed by atoms with Gasteiger partial charge >= 0.3 is 0 Å². The topological polar surface area (TPSA) is 17.3 Å². The van der Waals surface area contributed by atoms with Crippen LogP contribution in [0.25, 0.3) is 16.9 Å². The van der Waals surface area contributed by atoms with Crippen LogP contribution in [0.4, 0.5) is 4.39 Å². The minimum Gasteiger partial charge on any atom is -0.297 e. The molecule has 1 fully saturated rings. The van der Waals surface area contributed by atoms with Crippen molar-refractivity contribution in [2.75, 3.05) is 0 Å². The fourth-order valence-corrected chi connectivity index (χ4v) is 3.77. The third-order valence-corrected chi connectivity index (χ3v) is 4.95. The number of fused-ring (bicyclic) bond motifs is 1. The van der Waals surface area contributed by atoms with Crippen molar-refractivity contribution in [2.45, 2.75) is 44.9 Å². The van der Waals surface area contributed by atoms with Crippen LogP contribution < -0.4 is 0 Å². The number of hydrogen-bond donors (Lipinski definition) is 0. The van der Waals surface area contributed by atoms with Crippen LogP contribution in [0.5, 0.6) is 0 Å². The molecule has 117 valence electrons. The minimum atomic E-state index is -0.247. The number of imidazole rings is 1. The largest absolute Gasteiger partial charge is 0.297 e. The molecular weight excluding hydrogens is 287 g/mol. The molecular formula is C20H20FN2. The first-order chi connectivity index (χ1) is 11.2. The van der Waals surface area contributed by atoms with Crippen molar-refractivity contribution >= 4 is 5.65 Å². The van der Waals surface area contributed by atoms with Crippen LogP contribution >= 0.6 is 0 Å². The van der Waals surface area contributed by atoms with E-state index in [1.165, 1.54) is 49.3 Å². The first-order valence-electron chi connectivity index (χ1n) is 8.40. The van der Waals surface area contributed by atoms with E-state index in [1.807, 2.05) is 16.7 Å². The van der Waals surface area contributed by atoms with Gasteiger partial charge in [-0.25, -0.2) is 9.37 Å². The monoisotopic (exact) mass is 307 g/mol. The molecule has 2 aromatic heterocycles. The van der Waals surface area contributed by atoms with E-state index in [0.29, 0.717) is 17.2 Å². The average molecular weight is 307 g/mol. The van der Waals surface area contributed by atoms with E-state index in [9.17, 15) is 4.39 Å². The molecule has 2 nitrogen and oxygen atoms in total. The molecule has 1 saturated carbocycles. The quantitative estimate of drug-likeness (QED) is 0.628. The lowest BCUT2D eigenvalue weighted by Crippen LogP contribution is -2.08. The summed E-state index contributed by atoms with van der Waals surface area (Å²) < 4.78 is 16.0. The summed E-state index contributed by atoms with van der Waals surface area (Å²) in [5.41, 5.74) is 4.65. The van der Waals surface area contributed by atoms with Crippen LogP contribution in [-0.4, -0.2) is 9.38 Å². The van der Waals surface area contributed by atoms with Crippen LogP contribution in [0.2, 0.25) is 0 Å². The number of hydrogen-bond acceptors (Lipinski definition) is 1. The fraction of sp³-hybridized carbons (Fsp3) is 0.350. The zero-order valence-electron chi connectivity index (χ0n) is 13.3. The van der Waals surface area contributed by atoms with E-state index in [4.69, 9.17) is 4.98 Å². The zero-order valence-corrected chi connectivity index (χ0v) is 13.3. The average Bonchev–Trinajstić information content (AvgIpc) is 2.99. The summed E-state index contributed by atoms with van der Waals surface area (Å²) in [7, 11) is 0. The predicted molar refractivity (Wildman–Crippen MR) is 90.0 cm³/mol. The predicted octanol–water partition coefficient (Wildman–Crippen LogP) is 5.30. The highest BCUT2D eigenvalue weighted by Gasteiger charge is 2.22. The van der Waals surface area contributed by atoms with Crippen molar-refractivity contribution in [3.05, 3.63) is 59.7 Å². The van der Waals surface area contributed by atoms with Crippen LogP contribution in [0.1, 0.15) is 49.1 Å². The second-order valence-electron chi connectivity index (χ2n) is 6.49. The Morgan fingerprint density at radius 2 is 1.91 bits per heavy atom. The summed E-state index contributed by atoms with van der Waals surface area (Å²) >= 11 is 0. The third-order valence-electron chi connectivity index (χ3n) is 4.95. The molecule has 1 aliphatic rings. The van der Waals surface area contributed by atoms with Crippen molar-refractivity contribution in [1.82, 2.24) is 9.38 Å². The molecule has 1 aromatic carbocycles. The molecule has 0 bridgehead atoms. The summed E-state index contributed by atoms with van der Waals surface area (Å²) in [4.78, 5) is 4.75. The van der Waals surface area contributed by atoms with Crippen molar-refractivity contribution in [3.8, 4) is 11.3 Å². The molecule has 1 radical (unpaired) electrons. The zero-order chi connectivity index (χ0) is 15.8. The van der Waals surface area contributed by atoms with Gasteiger partial charge in [0.15, 0.2) is 0 Å². The number of benzene rings is 1. The summed E-state index contributed by atoms with van der Waals surface area (Å²) in [6.45, 7) is 2.15. The number of rotatable bonds is 2. The second kappa shape index (κ2) is 5.80. The molecule has 0 aliphatic heterocycles. The third kappa shape index (κ3) is 2.54. The molecule has 3 heteroatoms. The van der Waals surface area contributed by atoms with Gasteiger partial charge in [0.25, 0.3) is 0 Å². The maximum absolute atomic E-state index is 14.1. The summed E-state index contributed by atoms with van der Waals surface area (Å²) in [6, 6.07) is 8.90. The van der Waals surface area contributed by atoms with Crippen LogP contribution in [-0.2, 0) is 0 Å². The molecule has 1 aliphatic carbocycles. The Balaban J connectivity index is 1.87. The Hall–Kier alpha value is -2.16. The normalized spacial score (nSPS) is 16.1. The molecule has 0 unspecified atom stereocenters. The Morgan fingerprint density at radius 1 is 1.13 bits per heavy atom. The maximum atomic E-state index is 14.1. The first kappa shape index (κ1) is 14.4. The summed E-state index contributed by atoms with van der Waals surface area (Å²) in [5, 5.41) is 0. The first-order valence-corrected chi connectivity index (χ1v) is 8.40. The van der Waals surface area contributed by atoms with Gasteiger partial charge in [-0.15, -0.1) is 0 Å². The van der Waals surface area contributed by atoms with Gasteiger partial charge in [0, 0.05) is 17.3 Å². The van der Waals surface area contributed by atoms with Gasteiger partial charge in [0.2, 0.25) is 0 Å². The highest BCUT2D eigenvalue weighted by atomic mass is 19.1. The molecule has 23 heavy (non-hydrogen) atoms. The van der Waals surface area contributed by atoms with E-state index in [0.717, 1.165) is 5.65 Å². The molecule has 4 rings (SSSR count). The molecule has 3 aromatic rings. The van der Waals surface area contributed by atoms with Gasteiger partial charge in [-0.05, 0) is 49.4 Å². The van der Waals surface area contributed by atoms with E-state index < -0.39 is 0 Å². The van der Waals surface area contributed by atoms with Gasteiger partial charge in [0.05, 0.1) is 0 Å². The molecule has 2 heterocycles. The molecule has 0 saturated heterocycles. The summed E-state index contributed by atoms with van der Waals surface area (Å²) in [5.74, 6) is 0.319. The number of aryl methyl sites for hydroxylation is 1. The van der Waals surface area contributed by atoms with E-state index in [1.54, 1.807) is 12.1 Å². The van der Waals surface area contributed by atoms with Crippen LogP contribution in [0.3, 0.4) is 0 Å². The molecule has 0 amide bonds. The smallest absolute Gasteiger partial charge is 0.141 e. The second-order valence-corrected chi connectivity index (χ2v) is 6.49. The summed E-state index contributed by atoms with van der Waals surface area (Å²) in [6.07, 6.45) is 11.6. The van der Waals surface area contributed by atoms with Crippen molar-refractivity contribution in [2.24, 2.45) is 0 Å². The highest BCUT2D eigenvalue weighted by Crippen LogP contribution is 2.37. The Labute approximate surface area is 136 Å². The Morgan fingerprint density at radius 3 is 2.70 bits per heavy atom. The maximum Gasteiger partial charge on any atom is 0.141 e. The van der Waals surface area contributed by atoms with Crippen molar-refractivity contribution in [1.29, 1.82) is 0 Å². The lowest BCUT2D eigenvalue weighted by Gasteiger charge is -2.23. The Bertz CT molecular complexity index is 844. The van der Waals surface area contributed by atoms with Crippen LogP contribution in [0.15, 0.2) is 36.5 Å². The number of pyridine rings is 1. The van der Waals surface area contributed by atoms with Gasteiger partial charge in [0.1, 0.15) is 23.4 Å². The van der Waals surface area contributed by atoms with Gasteiger partial charge < -0.3 is 0 Å². The minimum absolute atomic E-state index is 0.247. The number of halogens is 1. The van der Waals surface area contributed by atoms with Crippen molar-refractivity contribution in [3.63, 3.8) is 0 Å². The Kier molecular flexibility index (Phi) is 3.64. The van der Waals surface area contributed by atoms with Gasteiger partial charge in [-0.1, -0.05) is 31.4 Å². The van der Waals surface area contributed by atoms with Crippen LogP contribution in [0, 0.1) is 18.9 Å². The standard InChI is InChI=1S/C20H20FN2/c1-14-11-12-23-13-18(16-9-5-6-10-17(16)21)22-20(23)19(14)15-7-3-2-4-8-15/h5-6,9-12,15H,2-4,7-8H2,1H3. The number of aromatic nitrogens is 2. The molecule has 0 atom stereocenters.